The Morgan fingerprint density at radius 2 is 1.74 bits per heavy atom. The minimum absolute atomic E-state index is 0.137. The summed E-state index contributed by atoms with van der Waals surface area (Å²) in [4.78, 5) is 22.7. The lowest BCUT2D eigenvalue weighted by Crippen LogP contribution is -2.22. The van der Waals surface area contributed by atoms with Gasteiger partial charge in [0.05, 0.1) is 30.3 Å². The van der Waals surface area contributed by atoms with Crippen LogP contribution in [-0.4, -0.2) is 31.3 Å². The van der Waals surface area contributed by atoms with Crippen molar-refractivity contribution < 1.29 is 4.74 Å². The van der Waals surface area contributed by atoms with Crippen LogP contribution < -0.4 is 10.3 Å². The summed E-state index contributed by atoms with van der Waals surface area (Å²) in [6, 6.07) is 17.6. The molecule has 31 heavy (non-hydrogen) atoms. The van der Waals surface area contributed by atoms with Crippen molar-refractivity contribution in [1.29, 1.82) is 0 Å². The lowest BCUT2D eigenvalue weighted by molar-refractivity contribution is 0.416. The number of hydrogen-bond acceptors (Lipinski definition) is 5. The largest absolute Gasteiger partial charge is 0.496 e. The first-order chi connectivity index (χ1) is 15.0. The van der Waals surface area contributed by atoms with Gasteiger partial charge in [0.25, 0.3) is 11.3 Å². The first-order valence-corrected chi connectivity index (χ1v) is 10.0. The topological polar surface area (TPSA) is 74.3 Å². The van der Waals surface area contributed by atoms with Crippen LogP contribution in [0.4, 0.5) is 0 Å². The number of nitrogens with zero attached hydrogens (tertiary/aromatic N) is 5. The van der Waals surface area contributed by atoms with E-state index in [0.29, 0.717) is 40.5 Å². The number of aryl methyl sites for hydroxylation is 2. The zero-order chi connectivity index (χ0) is 21.5. The number of benzene rings is 2. The molecule has 0 amide bonds. The number of aromatic nitrogens is 5. The minimum Gasteiger partial charge on any atom is -0.496 e. The number of fused-ring (bicyclic) bond motifs is 2. The van der Waals surface area contributed by atoms with Gasteiger partial charge in [-0.15, -0.1) is 5.10 Å². The van der Waals surface area contributed by atoms with Gasteiger partial charge in [0.2, 0.25) is 0 Å². The molecule has 7 nitrogen and oxygen atoms in total. The maximum atomic E-state index is 13.7. The Morgan fingerprint density at radius 3 is 2.52 bits per heavy atom. The first kappa shape index (κ1) is 19.0. The molecule has 0 radical (unpaired) electrons. The molecule has 5 aromatic rings. The van der Waals surface area contributed by atoms with Crippen LogP contribution in [0.1, 0.15) is 17.0 Å². The van der Waals surface area contributed by atoms with Crippen LogP contribution in [0.2, 0.25) is 0 Å². The van der Waals surface area contributed by atoms with Crippen molar-refractivity contribution >= 4 is 16.7 Å². The average molecular weight is 411 g/mol. The van der Waals surface area contributed by atoms with Crippen LogP contribution in [0.15, 0.2) is 65.6 Å². The highest BCUT2D eigenvalue weighted by molar-refractivity contribution is 5.94. The molecule has 0 fully saturated rings. The van der Waals surface area contributed by atoms with E-state index in [0.717, 1.165) is 11.1 Å². The van der Waals surface area contributed by atoms with Crippen molar-refractivity contribution in [3.8, 4) is 17.0 Å². The monoisotopic (exact) mass is 411 g/mol. The minimum atomic E-state index is -0.137. The second-order valence-electron chi connectivity index (χ2n) is 7.53. The Morgan fingerprint density at radius 1 is 0.968 bits per heavy atom. The van der Waals surface area contributed by atoms with Crippen molar-refractivity contribution in [3.05, 3.63) is 88.1 Å². The van der Waals surface area contributed by atoms with E-state index in [4.69, 9.17) is 4.74 Å². The molecule has 0 unspecified atom stereocenters. The summed E-state index contributed by atoms with van der Waals surface area (Å²) in [6.07, 6.45) is 1.78. The van der Waals surface area contributed by atoms with E-state index in [1.165, 1.54) is 5.56 Å². The van der Waals surface area contributed by atoms with Gasteiger partial charge in [0, 0.05) is 11.8 Å². The van der Waals surface area contributed by atoms with E-state index in [-0.39, 0.29) is 5.56 Å². The summed E-state index contributed by atoms with van der Waals surface area (Å²) in [7, 11) is 1.61. The van der Waals surface area contributed by atoms with Gasteiger partial charge in [-0.2, -0.15) is 9.50 Å². The number of pyridine rings is 1. The molecule has 0 saturated carbocycles. The van der Waals surface area contributed by atoms with Crippen LogP contribution in [0.3, 0.4) is 0 Å². The fourth-order valence-corrected chi connectivity index (χ4v) is 3.82. The number of ether oxygens (including phenoxy) is 1. The first-order valence-electron chi connectivity index (χ1n) is 10.0. The molecular formula is C24H21N5O2. The van der Waals surface area contributed by atoms with Crippen LogP contribution in [0, 0.1) is 13.8 Å². The van der Waals surface area contributed by atoms with Gasteiger partial charge in [0.1, 0.15) is 11.6 Å². The van der Waals surface area contributed by atoms with Gasteiger partial charge < -0.3 is 9.30 Å². The number of rotatable bonds is 4. The smallest absolute Gasteiger partial charge is 0.262 e. The van der Waals surface area contributed by atoms with Crippen molar-refractivity contribution in [3.63, 3.8) is 0 Å². The molecule has 0 aliphatic heterocycles. The second-order valence-corrected chi connectivity index (χ2v) is 7.53. The highest BCUT2D eigenvalue weighted by atomic mass is 16.5. The van der Waals surface area contributed by atoms with Crippen LogP contribution in [0.5, 0.6) is 5.75 Å². The predicted molar refractivity (Wildman–Crippen MR) is 120 cm³/mol. The zero-order valence-electron chi connectivity index (χ0n) is 17.5. The van der Waals surface area contributed by atoms with Crippen molar-refractivity contribution in [2.24, 2.45) is 0 Å². The van der Waals surface area contributed by atoms with Gasteiger partial charge in [-0.25, -0.2) is 4.98 Å². The summed E-state index contributed by atoms with van der Waals surface area (Å²) < 4.78 is 8.92. The molecule has 0 aliphatic carbocycles. The average Bonchev–Trinajstić information content (AvgIpc) is 3.15. The third kappa shape index (κ3) is 3.24. The lowest BCUT2D eigenvalue weighted by Gasteiger charge is -2.13. The second kappa shape index (κ2) is 7.36. The summed E-state index contributed by atoms with van der Waals surface area (Å²) in [5.41, 5.74) is 4.06. The van der Waals surface area contributed by atoms with E-state index in [1.807, 2.05) is 61.5 Å². The summed E-state index contributed by atoms with van der Waals surface area (Å²) in [5, 5.41) is 5.00. The fraction of sp³-hybridized carbons (Fsp3) is 0.167. The van der Waals surface area contributed by atoms with Crippen molar-refractivity contribution in [2.75, 3.05) is 7.11 Å². The van der Waals surface area contributed by atoms with E-state index < -0.39 is 0 Å². The number of methoxy groups -OCH3 is 1. The number of hydrogen-bond donors (Lipinski definition) is 0. The molecule has 154 valence electrons. The normalized spacial score (nSPS) is 11.3. The van der Waals surface area contributed by atoms with Crippen LogP contribution >= 0.6 is 0 Å². The van der Waals surface area contributed by atoms with Crippen LogP contribution in [0.25, 0.3) is 27.9 Å². The summed E-state index contributed by atoms with van der Waals surface area (Å²) in [6.45, 7) is 4.32. The van der Waals surface area contributed by atoms with Crippen molar-refractivity contribution in [1.82, 2.24) is 24.1 Å². The van der Waals surface area contributed by atoms with Gasteiger partial charge in [-0.3, -0.25) is 4.79 Å². The summed E-state index contributed by atoms with van der Waals surface area (Å²) in [5.74, 6) is 1.68. The SMILES string of the molecule is COc1ccccc1-c1c2c(=O)n(Cc3ccc(C)cc3)ccc2nc2nc(C)nn12. The molecule has 0 atom stereocenters. The lowest BCUT2D eigenvalue weighted by atomic mass is 10.1. The highest BCUT2D eigenvalue weighted by Gasteiger charge is 2.20. The Bertz CT molecular complexity index is 1480. The molecule has 3 aromatic heterocycles. The van der Waals surface area contributed by atoms with Gasteiger partial charge >= 0.3 is 0 Å². The third-order valence-electron chi connectivity index (χ3n) is 5.34. The van der Waals surface area contributed by atoms with Crippen molar-refractivity contribution in [2.45, 2.75) is 20.4 Å². The van der Waals surface area contributed by atoms with E-state index in [9.17, 15) is 4.79 Å². The van der Waals surface area contributed by atoms with Gasteiger partial charge in [-0.05, 0) is 37.6 Å². The fourth-order valence-electron chi connectivity index (χ4n) is 3.82. The van der Waals surface area contributed by atoms with E-state index >= 15 is 0 Å². The Balaban J connectivity index is 1.83. The standard InChI is InChI=1S/C24H21N5O2/c1-15-8-10-17(11-9-15)14-28-13-12-19-21(23(28)30)22(18-6-4-5-7-20(18)31-3)29-24(26-19)25-16(2)27-29/h4-13H,14H2,1-3H3. The van der Waals surface area contributed by atoms with Crippen LogP contribution in [-0.2, 0) is 6.54 Å². The Kier molecular flexibility index (Phi) is 4.51. The summed E-state index contributed by atoms with van der Waals surface area (Å²) >= 11 is 0. The van der Waals surface area contributed by atoms with Gasteiger partial charge in [-0.1, -0.05) is 42.0 Å². The van der Waals surface area contributed by atoms with E-state index in [1.54, 1.807) is 29.3 Å². The Labute approximate surface area is 178 Å². The molecule has 3 heterocycles. The molecule has 5 rings (SSSR count). The Hall–Kier alpha value is -4.00. The van der Waals surface area contributed by atoms with Gasteiger partial charge in [0.15, 0.2) is 0 Å². The maximum Gasteiger partial charge on any atom is 0.262 e. The molecule has 2 aromatic carbocycles. The predicted octanol–water partition coefficient (Wildman–Crippen LogP) is 3.78. The molecule has 0 aliphatic rings. The quantitative estimate of drug-likeness (QED) is 0.450. The maximum absolute atomic E-state index is 13.7. The molecule has 0 saturated heterocycles. The molecule has 0 spiro atoms. The number of para-hydroxylation sites is 1. The third-order valence-corrected chi connectivity index (χ3v) is 5.34. The zero-order valence-corrected chi connectivity index (χ0v) is 17.5. The highest BCUT2D eigenvalue weighted by Crippen LogP contribution is 2.33. The van der Waals surface area contributed by atoms with E-state index in [2.05, 4.69) is 15.1 Å². The molecule has 7 heteroatoms. The molecule has 0 bridgehead atoms. The molecular weight excluding hydrogens is 390 g/mol. The molecule has 0 N–H and O–H groups in total.